The van der Waals surface area contributed by atoms with Gasteiger partial charge in [-0.15, -0.1) is 0 Å². The molecule has 1 aromatic carbocycles. The van der Waals surface area contributed by atoms with Gasteiger partial charge in [0.05, 0.1) is 13.2 Å². The summed E-state index contributed by atoms with van der Waals surface area (Å²) in [5.41, 5.74) is 1.12. The lowest BCUT2D eigenvalue weighted by atomic mass is 10.0. The maximum Gasteiger partial charge on any atom is 0.222 e. The second kappa shape index (κ2) is 13.3. The van der Waals surface area contributed by atoms with Crippen molar-refractivity contribution in [2.24, 2.45) is 0 Å². The average Bonchev–Trinajstić information content (AvgIpc) is 3.28. The molecular formula is C24H39N3O3. The van der Waals surface area contributed by atoms with Crippen molar-refractivity contribution in [2.75, 3.05) is 39.8 Å². The summed E-state index contributed by atoms with van der Waals surface area (Å²) >= 11 is 0. The van der Waals surface area contributed by atoms with E-state index in [0.29, 0.717) is 25.8 Å². The van der Waals surface area contributed by atoms with Crippen LogP contribution in [0.4, 0.5) is 0 Å². The van der Waals surface area contributed by atoms with Crippen LogP contribution in [0.1, 0.15) is 70.4 Å². The van der Waals surface area contributed by atoms with E-state index in [1.807, 2.05) is 23.1 Å². The van der Waals surface area contributed by atoms with Gasteiger partial charge in [-0.25, -0.2) is 0 Å². The topological polar surface area (TPSA) is 61.9 Å². The monoisotopic (exact) mass is 417 g/mol. The molecule has 1 aliphatic rings. The number of benzene rings is 1. The molecule has 1 unspecified atom stereocenters. The Morgan fingerprint density at radius 1 is 1.10 bits per heavy atom. The summed E-state index contributed by atoms with van der Waals surface area (Å²) in [6, 6.07) is 8.16. The van der Waals surface area contributed by atoms with Crippen molar-refractivity contribution < 1.29 is 14.3 Å². The van der Waals surface area contributed by atoms with Crippen LogP contribution >= 0.6 is 0 Å². The fraction of sp³-hybridized carbons (Fsp3) is 0.667. The normalized spacial score (nSPS) is 15.0. The van der Waals surface area contributed by atoms with Crippen molar-refractivity contribution >= 4 is 11.8 Å². The molecule has 1 aromatic rings. The summed E-state index contributed by atoms with van der Waals surface area (Å²) in [5, 5.41) is 3.10. The highest BCUT2D eigenvalue weighted by atomic mass is 16.5. The van der Waals surface area contributed by atoms with E-state index >= 15 is 0 Å². The molecule has 0 aromatic heterocycles. The second-order valence-corrected chi connectivity index (χ2v) is 8.04. The number of ether oxygens (including phenoxy) is 1. The Labute approximate surface area is 182 Å². The molecule has 6 heteroatoms. The number of nitrogens with zero attached hydrogens (tertiary/aromatic N) is 2. The first-order valence-corrected chi connectivity index (χ1v) is 11.5. The minimum atomic E-state index is 0.0134. The predicted molar refractivity (Wildman–Crippen MR) is 121 cm³/mol. The molecule has 0 saturated carbocycles. The third kappa shape index (κ3) is 7.31. The zero-order valence-electron chi connectivity index (χ0n) is 19.0. The molecule has 2 amide bonds. The van der Waals surface area contributed by atoms with Gasteiger partial charge in [0.15, 0.2) is 0 Å². The Bertz CT molecular complexity index is 653. The fourth-order valence-corrected chi connectivity index (χ4v) is 4.19. The number of methoxy groups -OCH3 is 1. The van der Waals surface area contributed by atoms with Crippen LogP contribution in [0, 0.1) is 0 Å². The summed E-state index contributed by atoms with van der Waals surface area (Å²) in [5.74, 6) is 1.04. The highest BCUT2D eigenvalue weighted by Crippen LogP contribution is 2.31. The van der Waals surface area contributed by atoms with E-state index in [-0.39, 0.29) is 17.9 Å². The number of carbonyl (C=O) groups excluding carboxylic acids is 2. The quantitative estimate of drug-likeness (QED) is 0.531. The van der Waals surface area contributed by atoms with Gasteiger partial charge in [0, 0.05) is 38.0 Å². The van der Waals surface area contributed by atoms with Crippen LogP contribution in [0.15, 0.2) is 24.3 Å². The Morgan fingerprint density at radius 3 is 2.40 bits per heavy atom. The molecule has 6 nitrogen and oxygen atoms in total. The van der Waals surface area contributed by atoms with Gasteiger partial charge in [-0.1, -0.05) is 32.0 Å². The van der Waals surface area contributed by atoms with Crippen LogP contribution in [-0.4, -0.2) is 61.4 Å². The SMILES string of the molecule is CCCN(CCC)C(=O)CCCC(=O)NCC(c1ccccc1OC)N1CCCC1. The van der Waals surface area contributed by atoms with Gasteiger partial charge >= 0.3 is 0 Å². The van der Waals surface area contributed by atoms with Crippen LogP contribution in [0.25, 0.3) is 0 Å². The van der Waals surface area contributed by atoms with Crippen molar-refractivity contribution in [1.82, 2.24) is 15.1 Å². The van der Waals surface area contributed by atoms with Gasteiger partial charge in [0.25, 0.3) is 0 Å². The lowest BCUT2D eigenvalue weighted by Crippen LogP contribution is -2.37. The first-order chi connectivity index (χ1) is 14.6. The lowest BCUT2D eigenvalue weighted by molar-refractivity contribution is -0.131. The third-order valence-corrected chi connectivity index (χ3v) is 5.71. The first-order valence-electron chi connectivity index (χ1n) is 11.5. The molecule has 1 saturated heterocycles. The molecule has 1 fully saturated rings. The van der Waals surface area contributed by atoms with Gasteiger partial charge in [0.2, 0.25) is 11.8 Å². The standard InChI is InChI=1S/C24H39N3O3/c1-4-15-27(16-5-2)24(29)14-10-13-23(28)25-19-21(26-17-8-9-18-26)20-11-6-7-12-22(20)30-3/h6-7,11-12,21H,4-5,8-10,13-19H2,1-3H3,(H,25,28). The van der Waals surface area contributed by atoms with Crippen molar-refractivity contribution in [1.29, 1.82) is 0 Å². The van der Waals surface area contributed by atoms with Crippen LogP contribution in [0.2, 0.25) is 0 Å². The largest absolute Gasteiger partial charge is 0.496 e. The Morgan fingerprint density at radius 2 is 1.77 bits per heavy atom. The zero-order chi connectivity index (χ0) is 21.8. The summed E-state index contributed by atoms with van der Waals surface area (Å²) in [6.07, 6.45) is 5.73. The maximum absolute atomic E-state index is 12.5. The number of hydrogen-bond acceptors (Lipinski definition) is 4. The number of para-hydroxylation sites is 1. The third-order valence-electron chi connectivity index (χ3n) is 5.71. The number of likely N-dealkylation sites (tertiary alicyclic amines) is 1. The summed E-state index contributed by atoms with van der Waals surface area (Å²) in [7, 11) is 1.69. The van der Waals surface area contributed by atoms with Gasteiger partial charge in [-0.2, -0.15) is 0 Å². The molecule has 0 aliphatic carbocycles. The number of carbonyl (C=O) groups is 2. The van der Waals surface area contributed by atoms with Crippen LogP contribution in [0.5, 0.6) is 5.75 Å². The van der Waals surface area contributed by atoms with Crippen molar-refractivity contribution in [3.05, 3.63) is 29.8 Å². The van der Waals surface area contributed by atoms with Crippen molar-refractivity contribution in [3.63, 3.8) is 0 Å². The zero-order valence-corrected chi connectivity index (χ0v) is 19.0. The molecule has 0 radical (unpaired) electrons. The minimum absolute atomic E-state index is 0.0134. The summed E-state index contributed by atoms with van der Waals surface area (Å²) < 4.78 is 5.56. The van der Waals surface area contributed by atoms with Crippen LogP contribution < -0.4 is 10.1 Å². The van der Waals surface area contributed by atoms with E-state index in [4.69, 9.17) is 4.74 Å². The van der Waals surface area contributed by atoms with Crippen LogP contribution in [-0.2, 0) is 9.59 Å². The number of amides is 2. The van der Waals surface area contributed by atoms with E-state index in [2.05, 4.69) is 30.1 Å². The summed E-state index contributed by atoms with van der Waals surface area (Å²) in [4.78, 5) is 29.2. The van der Waals surface area contributed by atoms with Gasteiger partial charge in [0.1, 0.15) is 5.75 Å². The molecule has 1 heterocycles. The van der Waals surface area contributed by atoms with Crippen molar-refractivity contribution in [2.45, 2.75) is 64.8 Å². The van der Waals surface area contributed by atoms with Crippen molar-refractivity contribution in [3.8, 4) is 5.75 Å². The minimum Gasteiger partial charge on any atom is -0.496 e. The van der Waals surface area contributed by atoms with E-state index in [1.54, 1.807) is 7.11 Å². The van der Waals surface area contributed by atoms with Crippen LogP contribution in [0.3, 0.4) is 0 Å². The van der Waals surface area contributed by atoms with Gasteiger partial charge < -0.3 is 15.0 Å². The molecule has 168 valence electrons. The second-order valence-electron chi connectivity index (χ2n) is 8.04. The highest BCUT2D eigenvalue weighted by Gasteiger charge is 2.26. The fourth-order valence-electron chi connectivity index (χ4n) is 4.19. The van der Waals surface area contributed by atoms with E-state index < -0.39 is 0 Å². The molecule has 0 spiro atoms. The molecule has 1 N–H and O–H groups in total. The predicted octanol–water partition coefficient (Wildman–Crippen LogP) is 3.77. The highest BCUT2D eigenvalue weighted by molar-refractivity contribution is 5.79. The van der Waals surface area contributed by atoms with Gasteiger partial charge in [-0.3, -0.25) is 14.5 Å². The lowest BCUT2D eigenvalue weighted by Gasteiger charge is -2.29. The number of hydrogen-bond donors (Lipinski definition) is 1. The molecular weight excluding hydrogens is 378 g/mol. The maximum atomic E-state index is 12.5. The van der Waals surface area contributed by atoms with E-state index in [9.17, 15) is 9.59 Å². The molecule has 1 aliphatic heterocycles. The Kier molecular flexibility index (Phi) is 10.7. The Hall–Kier alpha value is -2.08. The Balaban J connectivity index is 1.86. The summed E-state index contributed by atoms with van der Waals surface area (Å²) in [6.45, 7) is 8.41. The molecule has 1 atom stereocenters. The van der Waals surface area contributed by atoms with Gasteiger partial charge in [-0.05, 0) is 51.3 Å². The number of rotatable bonds is 13. The smallest absolute Gasteiger partial charge is 0.222 e. The molecule has 30 heavy (non-hydrogen) atoms. The first kappa shape index (κ1) is 24.2. The van der Waals surface area contributed by atoms with E-state index in [1.165, 1.54) is 12.8 Å². The van der Waals surface area contributed by atoms with E-state index in [0.717, 1.165) is 50.3 Å². The number of nitrogens with one attached hydrogen (secondary N) is 1. The molecule has 2 rings (SSSR count). The molecule has 0 bridgehead atoms. The average molecular weight is 418 g/mol.